The Labute approximate surface area is 115 Å². The summed E-state index contributed by atoms with van der Waals surface area (Å²) in [4.78, 5) is 32.6. The third-order valence-electron chi connectivity index (χ3n) is 2.44. The summed E-state index contributed by atoms with van der Waals surface area (Å²) in [5, 5.41) is 10.6. The van der Waals surface area contributed by atoms with Crippen LogP contribution in [0.1, 0.15) is 31.9 Å². The Morgan fingerprint density at radius 1 is 1.30 bits per heavy atom. The largest absolute Gasteiger partial charge is 0.466 e. The van der Waals surface area contributed by atoms with Crippen molar-refractivity contribution in [3.8, 4) is 0 Å². The van der Waals surface area contributed by atoms with Crippen molar-refractivity contribution in [1.82, 2.24) is 0 Å². The number of esters is 2. The summed E-state index contributed by atoms with van der Waals surface area (Å²) in [5.41, 5.74) is 0.422. The van der Waals surface area contributed by atoms with Gasteiger partial charge in [-0.2, -0.15) is 0 Å². The van der Waals surface area contributed by atoms with E-state index in [1.165, 1.54) is 31.2 Å². The third-order valence-corrected chi connectivity index (χ3v) is 2.44. The first-order chi connectivity index (χ1) is 9.43. The molecule has 0 saturated carbocycles. The Bertz CT molecular complexity index is 496. The molecule has 1 aromatic rings. The molecule has 0 spiro atoms. The molecule has 0 unspecified atom stereocenters. The van der Waals surface area contributed by atoms with Crippen molar-refractivity contribution in [3.63, 3.8) is 0 Å². The van der Waals surface area contributed by atoms with Gasteiger partial charge < -0.3 is 9.47 Å². The molecule has 0 N–H and O–H groups in total. The van der Waals surface area contributed by atoms with Gasteiger partial charge in [0.05, 0.1) is 18.0 Å². The van der Waals surface area contributed by atoms with Gasteiger partial charge in [-0.1, -0.05) is 0 Å². The number of non-ortho nitro benzene ring substituents is 1. The number of carbonyl (C=O) groups is 2. The topological polar surface area (TPSA) is 95.7 Å². The van der Waals surface area contributed by atoms with Crippen molar-refractivity contribution >= 4 is 17.6 Å². The number of benzene rings is 1. The van der Waals surface area contributed by atoms with Crippen molar-refractivity contribution in [3.05, 3.63) is 39.9 Å². The van der Waals surface area contributed by atoms with E-state index in [9.17, 15) is 19.7 Å². The zero-order valence-corrected chi connectivity index (χ0v) is 11.2. The Kier molecular flexibility index (Phi) is 5.64. The van der Waals surface area contributed by atoms with Crippen molar-refractivity contribution in [2.45, 2.75) is 26.4 Å². The van der Waals surface area contributed by atoms with Gasteiger partial charge >= 0.3 is 11.9 Å². The number of nitro benzene ring substituents is 1. The molecule has 0 aromatic heterocycles. The molecule has 7 heteroatoms. The molecule has 0 fully saturated rings. The van der Waals surface area contributed by atoms with Gasteiger partial charge in [0.25, 0.3) is 5.69 Å². The lowest BCUT2D eigenvalue weighted by Crippen LogP contribution is -2.15. The van der Waals surface area contributed by atoms with Gasteiger partial charge in [0.2, 0.25) is 0 Å². The molecule has 1 atom stereocenters. The van der Waals surface area contributed by atoms with E-state index in [0.717, 1.165) is 0 Å². The van der Waals surface area contributed by atoms with Crippen LogP contribution in [0.25, 0.3) is 0 Å². The van der Waals surface area contributed by atoms with E-state index in [0.29, 0.717) is 5.56 Å². The second-order valence-corrected chi connectivity index (χ2v) is 3.96. The average Bonchev–Trinajstić information content (AvgIpc) is 2.38. The number of hydrogen-bond donors (Lipinski definition) is 0. The van der Waals surface area contributed by atoms with Gasteiger partial charge in [-0.15, -0.1) is 0 Å². The Morgan fingerprint density at radius 2 is 1.90 bits per heavy atom. The van der Waals surface area contributed by atoms with Crippen LogP contribution in [0.15, 0.2) is 24.3 Å². The maximum absolute atomic E-state index is 11.5. The van der Waals surface area contributed by atoms with Gasteiger partial charge in [0, 0.05) is 19.1 Å². The van der Waals surface area contributed by atoms with Crippen LogP contribution < -0.4 is 0 Å². The summed E-state index contributed by atoms with van der Waals surface area (Å²) >= 11 is 0. The monoisotopic (exact) mass is 281 g/mol. The minimum atomic E-state index is -0.813. The van der Waals surface area contributed by atoms with E-state index in [1.807, 2.05) is 0 Å². The zero-order chi connectivity index (χ0) is 15.1. The van der Waals surface area contributed by atoms with E-state index in [-0.39, 0.29) is 18.7 Å². The molecular weight excluding hydrogens is 266 g/mol. The summed E-state index contributed by atoms with van der Waals surface area (Å²) in [7, 11) is 0. The summed E-state index contributed by atoms with van der Waals surface area (Å²) in [6, 6.07) is 5.48. The summed E-state index contributed by atoms with van der Waals surface area (Å²) in [6.45, 7) is 3.13. The molecule has 0 bridgehead atoms. The van der Waals surface area contributed by atoms with Crippen LogP contribution in [-0.4, -0.2) is 23.5 Å². The molecule has 0 aliphatic carbocycles. The molecule has 1 rings (SSSR count). The van der Waals surface area contributed by atoms with Crippen LogP contribution in [0.2, 0.25) is 0 Å². The van der Waals surface area contributed by atoms with Crippen molar-refractivity contribution < 1.29 is 24.0 Å². The molecular formula is C13H15NO6. The van der Waals surface area contributed by atoms with Crippen molar-refractivity contribution in [2.75, 3.05) is 6.61 Å². The molecule has 108 valence electrons. The molecule has 1 aromatic carbocycles. The van der Waals surface area contributed by atoms with Gasteiger partial charge in [-0.3, -0.25) is 19.7 Å². The fourth-order valence-electron chi connectivity index (χ4n) is 1.61. The number of carbonyl (C=O) groups excluding carboxylic acids is 2. The molecule has 20 heavy (non-hydrogen) atoms. The highest BCUT2D eigenvalue weighted by atomic mass is 16.6. The Hall–Kier alpha value is -2.44. The normalized spacial score (nSPS) is 11.5. The summed E-state index contributed by atoms with van der Waals surface area (Å²) in [5.74, 6) is -1.05. The number of hydrogen-bond acceptors (Lipinski definition) is 6. The van der Waals surface area contributed by atoms with Gasteiger partial charge in [0.15, 0.2) is 0 Å². The van der Waals surface area contributed by atoms with Gasteiger partial charge in [-0.05, 0) is 24.6 Å². The third kappa shape index (κ3) is 4.68. The second kappa shape index (κ2) is 7.22. The van der Waals surface area contributed by atoms with Crippen molar-refractivity contribution in [1.29, 1.82) is 0 Å². The molecule has 0 aliphatic heterocycles. The highest BCUT2D eigenvalue weighted by Crippen LogP contribution is 2.24. The first kappa shape index (κ1) is 15.6. The van der Waals surface area contributed by atoms with E-state index in [2.05, 4.69) is 0 Å². The minimum absolute atomic E-state index is 0.0774. The summed E-state index contributed by atoms with van der Waals surface area (Å²) < 4.78 is 9.84. The SMILES string of the molecule is CCOC(=O)C[C@@H](OC(C)=O)c1ccc([N+](=O)[O-])cc1. The fourth-order valence-corrected chi connectivity index (χ4v) is 1.61. The van der Waals surface area contributed by atoms with Crippen LogP contribution >= 0.6 is 0 Å². The lowest BCUT2D eigenvalue weighted by Gasteiger charge is -2.16. The molecule has 0 aliphatic rings. The maximum atomic E-state index is 11.5. The standard InChI is InChI=1S/C13H15NO6/c1-3-19-13(16)8-12(20-9(2)15)10-4-6-11(7-5-10)14(17)18/h4-7,12H,3,8H2,1-2H3/t12-/m1/s1. The Morgan fingerprint density at radius 3 is 2.35 bits per heavy atom. The molecule has 0 radical (unpaired) electrons. The number of rotatable bonds is 6. The lowest BCUT2D eigenvalue weighted by atomic mass is 10.1. The molecule has 7 nitrogen and oxygen atoms in total. The van der Waals surface area contributed by atoms with Crippen LogP contribution in [0, 0.1) is 10.1 Å². The van der Waals surface area contributed by atoms with Crippen LogP contribution in [0.4, 0.5) is 5.69 Å². The maximum Gasteiger partial charge on any atom is 0.309 e. The van der Waals surface area contributed by atoms with E-state index < -0.39 is 23.0 Å². The van der Waals surface area contributed by atoms with Crippen LogP contribution in [0.3, 0.4) is 0 Å². The fraction of sp³-hybridized carbons (Fsp3) is 0.385. The highest BCUT2D eigenvalue weighted by molar-refractivity contribution is 5.72. The quantitative estimate of drug-likeness (QED) is 0.450. The minimum Gasteiger partial charge on any atom is -0.466 e. The Balaban J connectivity index is 2.89. The van der Waals surface area contributed by atoms with E-state index >= 15 is 0 Å². The van der Waals surface area contributed by atoms with E-state index in [4.69, 9.17) is 9.47 Å². The van der Waals surface area contributed by atoms with Gasteiger partial charge in [-0.25, -0.2) is 0 Å². The number of ether oxygens (including phenoxy) is 2. The first-order valence-corrected chi connectivity index (χ1v) is 6.01. The predicted octanol–water partition coefficient (Wildman–Crippen LogP) is 2.15. The predicted molar refractivity (Wildman–Crippen MR) is 68.9 cm³/mol. The second-order valence-electron chi connectivity index (χ2n) is 3.96. The lowest BCUT2D eigenvalue weighted by molar-refractivity contribution is -0.384. The molecule has 0 saturated heterocycles. The smallest absolute Gasteiger partial charge is 0.309 e. The van der Waals surface area contributed by atoms with Crippen LogP contribution in [0.5, 0.6) is 0 Å². The molecule has 0 amide bonds. The van der Waals surface area contributed by atoms with Gasteiger partial charge in [0.1, 0.15) is 6.10 Å². The average molecular weight is 281 g/mol. The zero-order valence-electron chi connectivity index (χ0n) is 11.2. The van der Waals surface area contributed by atoms with Crippen LogP contribution in [-0.2, 0) is 19.1 Å². The summed E-state index contributed by atoms with van der Waals surface area (Å²) in [6.07, 6.45) is -0.946. The number of nitro groups is 1. The van der Waals surface area contributed by atoms with Crippen molar-refractivity contribution in [2.24, 2.45) is 0 Å². The van der Waals surface area contributed by atoms with E-state index in [1.54, 1.807) is 6.92 Å². The number of nitrogens with zero attached hydrogens (tertiary/aromatic N) is 1. The first-order valence-electron chi connectivity index (χ1n) is 6.01. The molecule has 0 heterocycles. The highest BCUT2D eigenvalue weighted by Gasteiger charge is 2.20.